The molecule has 0 spiro atoms. The minimum atomic E-state index is 0.0838. The van der Waals surface area contributed by atoms with Crippen molar-refractivity contribution in [1.29, 1.82) is 0 Å². The van der Waals surface area contributed by atoms with Crippen LogP contribution in [0.3, 0.4) is 0 Å². The van der Waals surface area contributed by atoms with E-state index in [0.29, 0.717) is 5.56 Å². The molecule has 0 aliphatic carbocycles. The van der Waals surface area contributed by atoms with Gasteiger partial charge in [-0.3, -0.25) is 9.78 Å². The number of carbonyl (C=O) groups is 1. The summed E-state index contributed by atoms with van der Waals surface area (Å²) in [5.74, 6) is 0.0838. The topological polar surface area (TPSA) is 63.4 Å². The molecule has 126 valence electrons. The van der Waals surface area contributed by atoms with E-state index in [1.54, 1.807) is 6.20 Å². The summed E-state index contributed by atoms with van der Waals surface area (Å²) in [5, 5.41) is 4.61. The maximum Gasteiger partial charge on any atom is 0.256 e. The first-order valence-corrected chi connectivity index (χ1v) is 8.72. The lowest BCUT2D eigenvalue weighted by Crippen LogP contribution is -2.43. The van der Waals surface area contributed by atoms with Crippen LogP contribution >= 0.6 is 0 Å². The van der Waals surface area contributed by atoms with Crippen LogP contribution in [-0.2, 0) is 6.42 Å². The summed E-state index contributed by atoms with van der Waals surface area (Å²) in [5.41, 5.74) is 5.69. The predicted molar refractivity (Wildman–Crippen MR) is 92.3 cm³/mol. The van der Waals surface area contributed by atoms with E-state index in [0.717, 1.165) is 41.9 Å². The second kappa shape index (κ2) is 5.12. The Labute approximate surface area is 145 Å². The second-order valence-corrected chi connectivity index (χ2v) is 7.02. The highest BCUT2D eigenvalue weighted by molar-refractivity contribution is 5.96. The molecule has 2 aliphatic heterocycles. The second-order valence-electron chi connectivity index (χ2n) is 7.02. The fourth-order valence-corrected chi connectivity index (χ4v) is 4.36. The molecule has 0 aromatic carbocycles. The molecule has 0 N–H and O–H groups in total. The van der Waals surface area contributed by atoms with Gasteiger partial charge in [0.05, 0.1) is 23.0 Å². The van der Waals surface area contributed by atoms with Gasteiger partial charge in [0.15, 0.2) is 5.65 Å². The van der Waals surface area contributed by atoms with Crippen molar-refractivity contribution in [2.24, 2.45) is 0 Å². The summed E-state index contributed by atoms with van der Waals surface area (Å²) in [6.07, 6.45) is 6.50. The van der Waals surface area contributed by atoms with E-state index in [9.17, 15) is 4.79 Å². The van der Waals surface area contributed by atoms with E-state index in [2.05, 4.69) is 20.0 Å². The SMILES string of the molecule is Cc1cc2ncc3c(n2n1)CC1CCC3N1C(=O)c1cccnc1C. The normalized spacial score (nSPS) is 21.6. The molecule has 6 heteroatoms. The number of hydrogen-bond donors (Lipinski definition) is 0. The first-order valence-electron chi connectivity index (χ1n) is 8.72. The van der Waals surface area contributed by atoms with E-state index in [-0.39, 0.29) is 18.0 Å². The summed E-state index contributed by atoms with van der Waals surface area (Å²) in [6.45, 7) is 3.88. The molecule has 5 rings (SSSR count). The van der Waals surface area contributed by atoms with Gasteiger partial charge >= 0.3 is 0 Å². The molecule has 25 heavy (non-hydrogen) atoms. The van der Waals surface area contributed by atoms with Gasteiger partial charge in [-0.05, 0) is 38.8 Å². The van der Waals surface area contributed by atoms with Crippen molar-refractivity contribution >= 4 is 11.6 Å². The van der Waals surface area contributed by atoms with Gasteiger partial charge in [0, 0.05) is 42.2 Å². The van der Waals surface area contributed by atoms with Crippen LogP contribution in [0, 0.1) is 13.8 Å². The van der Waals surface area contributed by atoms with Gasteiger partial charge in [0.25, 0.3) is 5.91 Å². The number of amides is 1. The van der Waals surface area contributed by atoms with Crippen molar-refractivity contribution in [3.8, 4) is 0 Å². The minimum Gasteiger partial charge on any atom is -0.328 e. The third-order valence-corrected chi connectivity index (χ3v) is 5.50. The molecule has 6 nitrogen and oxygen atoms in total. The van der Waals surface area contributed by atoms with Crippen molar-refractivity contribution in [2.75, 3.05) is 0 Å². The molecular formula is C19H19N5O. The van der Waals surface area contributed by atoms with Gasteiger partial charge in [-0.25, -0.2) is 9.50 Å². The Morgan fingerprint density at radius 2 is 2.12 bits per heavy atom. The number of rotatable bonds is 1. The Balaban J connectivity index is 1.61. The van der Waals surface area contributed by atoms with Crippen LogP contribution in [0.25, 0.3) is 5.65 Å². The summed E-state index contributed by atoms with van der Waals surface area (Å²) in [4.78, 5) is 24.1. The predicted octanol–water partition coefficient (Wildman–Crippen LogP) is 2.64. The van der Waals surface area contributed by atoms with Gasteiger partial charge in [0.2, 0.25) is 0 Å². The van der Waals surface area contributed by atoms with Crippen molar-refractivity contribution in [3.63, 3.8) is 0 Å². The number of pyridine rings is 1. The highest BCUT2D eigenvalue weighted by Crippen LogP contribution is 2.44. The molecule has 3 aromatic heterocycles. The third-order valence-electron chi connectivity index (χ3n) is 5.50. The summed E-state index contributed by atoms with van der Waals surface area (Å²) in [6, 6.07) is 6.01. The lowest BCUT2D eigenvalue weighted by atomic mass is 9.98. The lowest BCUT2D eigenvalue weighted by Gasteiger charge is -2.36. The minimum absolute atomic E-state index is 0.0838. The standard InChI is InChI=1S/C19H19N5O/c1-11-8-18-21-10-15-16-6-5-13(9-17(15)24(18)22-11)23(16)19(25)14-4-3-7-20-12(14)2/h3-4,7-8,10,13,16H,5-6,9H2,1-2H3. The van der Waals surface area contributed by atoms with Gasteiger partial charge < -0.3 is 4.90 Å². The van der Waals surface area contributed by atoms with Gasteiger partial charge in [-0.2, -0.15) is 5.10 Å². The number of carbonyl (C=O) groups excluding carboxylic acids is 1. The van der Waals surface area contributed by atoms with Crippen molar-refractivity contribution in [1.82, 2.24) is 24.5 Å². The summed E-state index contributed by atoms with van der Waals surface area (Å²) >= 11 is 0. The molecule has 0 saturated carbocycles. The van der Waals surface area contributed by atoms with Crippen molar-refractivity contribution < 1.29 is 4.79 Å². The van der Waals surface area contributed by atoms with Gasteiger partial charge in [-0.1, -0.05) is 0 Å². The van der Waals surface area contributed by atoms with Crippen LogP contribution in [0.1, 0.15) is 51.9 Å². The van der Waals surface area contributed by atoms with Crippen molar-refractivity contribution in [2.45, 2.75) is 45.2 Å². The van der Waals surface area contributed by atoms with E-state index >= 15 is 0 Å². The molecular weight excluding hydrogens is 314 g/mol. The maximum absolute atomic E-state index is 13.2. The molecule has 2 bridgehead atoms. The fourth-order valence-electron chi connectivity index (χ4n) is 4.36. The molecule has 5 heterocycles. The molecule has 2 atom stereocenters. The number of nitrogens with zero attached hydrogens (tertiary/aromatic N) is 5. The lowest BCUT2D eigenvalue weighted by molar-refractivity contribution is 0.0641. The van der Waals surface area contributed by atoms with Crippen LogP contribution in [0.5, 0.6) is 0 Å². The smallest absolute Gasteiger partial charge is 0.256 e. The van der Waals surface area contributed by atoms with Crippen molar-refractivity contribution in [3.05, 3.63) is 58.8 Å². The van der Waals surface area contributed by atoms with Crippen LogP contribution in [0.2, 0.25) is 0 Å². The summed E-state index contributed by atoms with van der Waals surface area (Å²) in [7, 11) is 0. The Bertz CT molecular complexity index is 1010. The molecule has 0 radical (unpaired) electrons. The maximum atomic E-state index is 13.2. The van der Waals surface area contributed by atoms with Crippen LogP contribution < -0.4 is 0 Å². The summed E-state index contributed by atoms with van der Waals surface area (Å²) < 4.78 is 1.97. The van der Waals surface area contributed by atoms with E-state index < -0.39 is 0 Å². The quantitative estimate of drug-likeness (QED) is 0.687. The number of aromatic nitrogens is 4. The first-order chi connectivity index (χ1) is 12.1. The highest BCUT2D eigenvalue weighted by Gasteiger charge is 2.44. The Morgan fingerprint density at radius 3 is 2.96 bits per heavy atom. The van der Waals surface area contributed by atoms with Crippen LogP contribution in [0.4, 0.5) is 0 Å². The number of aryl methyl sites for hydroxylation is 2. The Morgan fingerprint density at radius 1 is 1.24 bits per heavy atom. The van der Waals surface area contributed by atoms with Crippen LogP contribution in [0.15, 0.2) is 30.6 Å². The zero-order chi connectivity index (χ0) is 17.1. The zero-order valence-electron chi connectivity index (χ0n) is 14.3. The monoisotopic (exact) mass is 333 g/mol. The largest absolute Gasteiger partial charge is 0.328 e. The first kappa shape index (κ1) is 14.6. The van der Waals surface area contributed by atoms with Crippen LogP contribution in [-0.4, -0.2) is 36.4 Å². The molecule has 2 unspecified atom stereocenters. The highest BCUT2D eigenvalue weighted by atomic mass is 16.2. The van der Waals surface area contributed by atoms with Gasteiger partial charge in [-0.15, -0.1) is 0 Å². The van der Waals surface area contributed by atoms with E-state index in [1.807, 2.05) is 42.8 Å². The van der Waals surface area contributed by atoms with E-state index in [1.165, 1.54) is 5.69 Å². The average molecular weight is 333 g/mol. The number of fused-ring (bicyclic) bond motifs is 6. The van der Waals surface area contributed by atoms with E-state index in [4.69, 9.17) is 0 Å². The molecule has 1 fully saturated rings. The molecule has 3 aromatic rings. The van der Waals surface area contributed by atoms with Gasteiger partial charge in [0.1, 0.15) is 0 Å². The fraction of sp³-hybridized carbons (Fsp3) is 0.368. The average Bonchev–Trinajstić information content (AvgIpc) is 3.13. The Hall–Kier alpha value is -2.76. The molecule has 1 saturated heterocycles. The molecule has 1 amide bonds. The third kappa shape index (κ3) is 2.03. The Kier molecular flexibility index (Phi) is 2.98. The zero-order valence-corrected chi connectivity index (χ0v) is 14.3. The molecule has 2 aliphatic rings. The number of hydrogen-bond acceptors (Lipinski definition) is 4.